The van der Waals surface area contributed by atoms with Crippen LogP contribution in [0.15, 0.2) is 12.3 Å². The van der Waals surface area contributed by atoms with Crippen LogP contribution in [0.25, 0.3) is 5.65 Å². The summed E-state index contributed by atoms with van der Waals surface area (Å²) < 4.78 is 14.6. The van der Waals surface area contributed by atoms with Gasteiger partial charge in [-0.1, -0.05) is 18.1 Å². The molecule has 1 atom stereocenters. The van der Waals surface area contributed by atoms with Crippen LogP contribution in [0.5, 0.6) is 0 Å². The predicted octanol–water partition coefficient (Wildman–Crippen LogP) is 1.67. The SMILES string of the molecule is CCc1c(C)nn2c(N)c(C#N)c(NCCc3ccn(CCC[S+](C)[O-])n3)nc12. The van der Waals surface area contributed by atoms with Crippen LogP contribution in [0, 0.1) is 18.3 Å². The predicted molar refractivity (Wildman–Crippen MR) is 114 cm³/mol. The van der Waals surface area contributed by atoms with Gasteiger partial charge in [0.2, 0.25) is 0 Å². The summed E-state index contributed by atoms with van der Waals surface area (Å²) in [7, 11) is 0. The normalized spacial score (nSPS) is 12.2. The second-order valence-corrected chi connectivity index (χ2v) is 8.42. The van der Waals surface area contributed by atoms with Crippen molar-refractivity contribution in [2.45, 2.75) is 39.7 Å². The largest absolute Gasteiger partial charge is 0.617 e. The second-order valence-electron chi connectivity index (χ2n) is 6.86. The molecule has 0 saturated heterocycles. The summed E-state index contributed by atoms with van der Waals surface area (Å²) in [6.45, 7) is 5.28. The standard InChI is InChI=1S/C19H26N8OS/c1-4-15-13(2)24-27-17(21)16(12-20)18(23-19(15)27)22-8-6-14-7-10-26(25-14)9-5-11-29(3)28/h7,10H,4-6,8-9,11,21H2,1-3H3,(H,22,23). The van der Waals surface area contributed by atoms with Crippen molar-refractivity contribution in [2.75, 3.05) is 29.6 Å². The van der Waals surface area contributed by atoms with Gasteiger partial charge in [0.15, 0.2) is 5.65 Å². The molecule has 9 nitrogen and oxygen atoms in total. The summed E-state index contributed by atoms with van der Waals surface area (Å²) in [6.07, 6.45) is 5.95. The van der Waals surface area contributed by atoms with Gasteiger partial charge < -0.3 is 15.6 Å². The van der Waals surface area contributed by atoms with E-state index < -0.39 is 11.2 Å². The van der Waals surface area contributed by atoms with Crippen LogP contribution in [0.3, 0.4) is 0 Å². The lowest BCUT2D eigenvalue weighted by Crippen LogP contribution is -2.13. The minimum Gasteiger partial charge on any atom is -0.617 e. The third-order valence-corrected chi connectivity index (χ3v) is 5.61. The molecule has 3 N–H and O–H groups in total. The van der Waals surface area contributed by atoms with E-state index in [0.29, 0.717) is 41.6 Å². The Morgan fingerprint density at radius 1 is 1.38 bits per heavy atom. The number of nitrogens with one attached hydrogen (secondary N) is 1. The average molecular weight is 415 g/mol. The molecule has 0 aliphatic carbocycles. The van der Waals surface area contributed by atoms with Gasteiger partial charge in [-0.2, -0.15) is 20.0 Å². The number of nitriles is 1. The molecule has 0 radical (unpaired) electrons. The fourth-order valence-corrected chi connectivity index (χ4v) is 3.81. The number of nitrogen functional groups attached to an aromatic ring is 1. The lowest BCUT2D eigenvalue weighted by atomic mass is 10.2. The second kappa shape index (κ2) is 9.15. The van der Waals surface area contributed by atoms with Crippen LogP contribution in [0.2, 0.25) is 0 Å². The van der Waals surface area contributed by atoms with Crippen LogP contribution in [-0.4, -0.2) is 47.5 Å². The van der Waals surface area contributed by atoms with Gasteiger partial charge in [0.05, 0.1) is 17.6 Å². The number of hydrogen-bond acceptors (Lipinski definition) is 7. The lowest BCUT2D eigenvalue weighted by Gasteiger charge is -2.10. The van der Waals surface area contributed by atoms with Gasteiger partial charge in [0.1, 0.15) is 29.0 Å². The van der Waals surface area contributed by atoms with E-state index in [1.54, 1.807) is 10.8 Å². The first kappa shape index (κ1) is 21.0. The molecule has 0 aromatic carbocycles. The number of aryl methyl sites for hydroxylation is 3. The highest BCUT2D eigenvalue weighted by Crippen LogP contribution is 2.24. The Balaban J connectivity index is 1.69. The zero-order valence-electron chi connectivity index (χ0n) is 17.0. The van der Waals surface area contributed by atoms with Gasteiger partial charge in [-0.05, 0) is 19.4 Å². The summed E-state index contributed by atoms with van der Waals surface area (Å²) in [6, 6.07) is 4.10. The summed E-state index contributed by atoms with van der Waals surface area (Å²) in [5.74, 6) is 1.44. The maximum absolute atomic E-state index is 11.1. The van der Waals surface area contributed by atoms with Crippen molar-refractivity contribution < 1.29 is 4.55 Å². The minimum absolute atomic E-state index is 0.292. The van der Waals surface area contributed by atoms with Gasteiger partial charge in [-0.15, -0.1) is 0 Å². The molecule has 0 saturated carbocycles. The van der Waals surface area contributed by atoms with Crippen molar-refractivity contribution in [3.8, 4) is 6.07 Å². The van der Waals surface area contributed by atoms with Gasteiger partial charge in [-0.3, -0.25) is 4.68 Å². The van der Waals surface area contributed by atoms with Crippen molar-refractivity contribution in [1.82, 2.24) is 24.4 Å². The molecule has 3 heterocycles. The van der Waals surface area contributed by atoms with Crippen LogP contribution >= 0.6 is 0 Å². The zero-order chi connectivity index (χ0) is 21.0. The number of anilines is 2. The zero-order valence-corrected chi connectivity index (χ0v) is 17.8. The summed E-state index contributed by atoms with van der Waals surface area (Å²) >= 11 is -0.776. The first-order valence-corrected chi connectivity index (χ1v) is 11.3. The highest BCUT2D eigenvalue weighted by Gasteiger charge is 2.18. The monoisotopic (exact) mass is 414 g/mol. The third kappa shape index (κ3) is 4.63. The minimum atomic E-state index is -0.776. The van der Waals surface area contributed by atoms with Crippen LogP contribution in [-0.2, 0) is 30.6 Å². The Hall–Kier alpha value is -2.77. The molecule has 0 spiro atoms. The molecule has 0 aliphatic heterocycles. The Labute approximate surface area is 173 Å². The maximum atomic E-state index is 11.1. The van der Waals surface area contributed by atoms with Crippen LogP contribution in [0.4, 0.5) is 11.6 Å². The molecule has 3 rings (SSSR count). The number of hydrogen-bond donors (Lipinski definition) is 2. The van der Waals surface area contributed by atoms with E-state index in [4.69, 9.17) is 5.73 Å². The first-order chi connectivity index (χ1) is 13.9. The van der Waals surface area contributed by atoms with Gasteiger partial charge in [-0.25, -0.2) is 4.98 Å². The maximum Gasteiger partial charge on any atom is 0.163 e. The van der Waals surface area contributed by atoms with E-state index >= 15 is 0 Å². The van der Waals surface area contributed by atoms with Crippen molar-refractivity contribution >= 4 is 28.5 Å². The molecule has 154 valence electrons. The van der Waals surface area contributed by atoms with Crippen LogP contribution < -0.4 is 11.1 Å². The van der Waals surface area contributed by atoms with Crippen LogP contribution in [0.1, 0.15) is 35.9 Å². The van der Waals surface area contributed by atoms with Crippen molar-refractivity contribution in [3.05, 3.63) is 34.8 Å². The molecular weight excluding hydrogens is 388 g/mol. The molecule has 29 heavy (non-hydrogen) atoms. The molecule has 3 aromatic rings. The fraction of sp³-hybridized carbons (Fsp3) is 0.474. The smallest absolute Gasteiger partial charge is 0.163 e. The molecule has 3 aromatic heterocycles. The van der Waals surface area contributed by atoms with Gasteiger partial charge in [0.25, 0.3) is 0 Å². The number of fused-ring (bicyclic) bond motifs is 1. The molecular formula is C19H26N8OS. The van der Waals surface area contributed by atoms with E-state index in [1.165, 1.54) is 0 Å². The number of rotatable bonds is 9. The van der Waals surface area contributed by atoms with Gasteiger partial charge >= 0.3 is 0 Å². The Morgan fingerprint density at radius 2 is 2.17 bits per heavy atom. The fourth-order valence-electron chi connectivity index (χ4n) is 3.27. The number of nitrogens with zero attached hydrogens (tertiary/aromatic N) is 6. The van der Waals surface area contributed by atoms with E-state index in [1.807, 2.05) is 30.8 Å². The molecule has 0 amide bonds. The summed E-state index contributed by atoms with van der Waals surface area (Å²) in [5, 5.41) is 21.7. The summed E-state index contributed by atoms with van der Waals surface area (Å²) in [5.41, 5.74) is 9.99. The number of aromatic nitrogens is 5. The molecule has 0 bridgehead atoms. The van der Waals surface area contributed by atoms with Crippen molar-refractivity contribution in [1.29, 1.82) is 5.26 Å². The third-order valence-electron chi connectivity index (χ3n) is 4.75. The summed E-state index contributed by atoms with van der Waals surface area (Å²) in [4.78, 5) is 4.62. The number of nitrogens with two attached hydrogens (primary N) is 1. The average Bonchev–Trinajstić information content (AvgIpc) is 3.25. The Kier molecular flexibility index (Phi) is 6.61. The molecule has 10 heteroatoms. The van der Waals surface area contributed by atoms with E-state index in [9.17, 15) is 9.81 Å². The Morgan fingerprint density at radius 3 is 2.86 bits per heavy atom. The molecule has 1 unspecified atom stereocenters. The molecule has 0 aliphatic rings. The van der Waals surface area contributed by atoms with Crippen molar-refractivity contribution in [3.63, 3.8) is 0 Å². The molecule has 0 fully saturated rings. The van der Waals surface area contributed by atoms with Crippen molar-refractivity contribution in [2.24, 2.45) is 0 Å². The van der Waals surface area contributed by atoms with E-state index in [0.717, 1.165) is 36.3 Å². The highest BCUT2D eigenvalue weighted by atomic mass is 32.2. The van der Waals surface area contributed by atoms with Gasteiger partial charge in [0, 0.05) is 37.7 Å². The lowest BCUT2D eigenvalue weighted by molar-refractivity contribution is 0.572. The quantitative estimate of drug-likeness (QED) is 0.509. The Bertz CT molecular complexity index is 1030. The topological polar surface area (TPSA) is 133 Å². The van der Waals surface area contributed by atoms with E-state index in [-0.39, 0.29) is 0 Å². The first-order valence-electron chi connectivity index (χ1n) is 9.58. The highest BCUT2D eigenvalue weighted by molar-refractivity contribution is 7.90. The van der Waals surface area contributed by atoms with E-state index in [2.05, 4.69) is 26.6 Å².